The first-order valence-electron chi connectivity index (χ1n) is 6.91. The maximum atomic E-state index is 9.93. The molecule has 1 aromatic rings. The van der Waals surface area contributed by atoms with Gasteiger partial charge in [0, 0.05) is 5.92 Å². The van der Waals surface area contributed by atoms with Crippen molar-refractivity contribution in [3.8, 4) is 12.1 Å². The Bertz CT molecular complexity index is 837. The Morgan fingerprint density at radius 3 is 2.52 bits per heavy atom. The van der Waals surface area contributed by atoms with Crippen molar-refractivity contribution in [2.24, 2.45) is 21.6 Å². The van der Waals surface area contributed by atoms with Gasteiger partial charge < -0.3 is 15.2 Å². The number of amidine groups is 1. The van der Waals surface area contributed by atoms with Gasteiger partial charge in [-0.05, 0) is 11.6 Å². The number of ether oxygens (including phenoxy) is 2. The van der Waals surface area contributed by atoms with Gasteiger partial charge in [0.15, 0.2) is 5.41 Å². The molecule has 6 nitrogen and oxygen atoms in total. The Labute approximate surface area is 142 Å². The number of nitriles is 2. The molecule has 1 saturated carbocycles. The van der Waals surface area contributed by atoms with E-state index in [2.05, 4.69) is 17.1 Å². The molecule has 1 saturated heterocycles. The standard InChI is InChI=1S/C15H10Cl2N4O2/c16-9-3-1-2-8(10(9)17)11-13(6-18)12(20)21-15(14(11,13)7-19)22-4-5-23-15/h1-3,11H,4-5H2,(H2,20,21)/t11-,13-,14-/m1/s1. The van der Waals surface area contributed by atoms with Gasteiger partial charge in [-0.3, -0.25) is 0 Å². The number of nitrogens with zero attached hydrogens (tertiary/aromatic N) is 3. The molecule has 2 fully saturated rings. The van der Waals surface area contributed by atoms with Crippen molar-refractivity contribution in [3.05, 3.63) is 33.8 Å². The second kappa shape index (κ2) is 4.37. The van der Waals surface area contributed by atoms with Crippen molar-refractivity contribution in [3.63, 3.8) is 0 Å². The molecular weight excluding hydrogens is 339 g/mol. The molecule has 3 atom stereocenters. The summed E-state index contributed by atoms with van der Waals surface area (Å²) >= 11 is 12.4. The van der Waals surface area contributed by atoms with Crippen molar-refractivity contribution < 1.29 is 9.47 Å². The Balaban J connectivity index is 1.97. The predicted molar refractivity (Wildman–Crippen MR) is 81.6 cm³/mol. The Kier molecular flexibility index (Phi) is 2.80. The summed E-state index contributed by atoms with van der Waals surface area (Å²) in [5, 5.41) is 20.4. The fourth-order valence-corrected chi connectivity index (χ4v) is 4.35. The van der Waals surface area contributed by atoms with Crippen LogP contribution in [0.25, 0.3) is 0 Å². The molecule has 0 bridgehead atoms. The molecule has 4 rings (SSSR count). The fourth-order valence-electron chi connectivity index (χ4n) is 3.93. The largest absolute Gasteiger partial charge is 0.386 e. The third-order valence-electron chi connectivity index (χ3n) is 4.90. The number of halogens is 2. The molecule has 1 spiro atoms. The summed E-state index contributed by atoms with van der Waals surface area (Å²) in [7, 11) is 0. The molecule has 1 aliphatic carbocycles. The van der Waals surface area contributed by atoms with E-state index in [0.29, 0.717) is 15.6 Å². The summed E-state index contributed by atoms with van der Waals surface area (Å²) < 4.78 is 11.3. The van der Waals surface area contributed by atoms with E-state index in [4.69, 9.17) is 38.4 Å². The molecular formula is C15H10Cl2N4O2. The molecule has 2 heterocycles. The lowest BCUT2D eigenvalue weighted by Crippen LogP contribution is -2.38. The van der Waals surface area contributed by atoms with E-state index in [1.807, 2.05) is 0 Å². The molecule has 3 aliphatic rings. The fraction of sp³-hybridized carbons (Fsp3) is 0.400. The minimum Gasteiger partial charge on any atom is -0.386 e. The monoisotopic (exact) mass is 348 g/mol. The summed E-state index contributed by atoms with van der Waals surface area (Å²) in [6, 6.07) is 9.44. The van der Waals surface area contributed by atoms with E-state index in [-0.39, 0.29) is 19.0 Å². The first kappa shape index (κ1) is 14.7. The van der Waals surface area contributed by atoms with E-state index in [1.165, 1.54) is 0 Å². The average molecular weight is 349 g/mol. The molecule has 0 amide bonds. The summed E-state index contributed by atoms with van der Waals surface area (Å²) in [4.78, 5) is 4.19. The van der Waals surface area contributed by atoms with Crippen LogP contribution in [0.1, 0.15) is 11.5 Å². The molecule has 1 aromatic carbocycles. The third-order valence-corrected chi connectivity index (χ3v) is 5.73. The van der Waals surface area contributed by atoms with Crippen molar-refractivity contribution in [2.45, 2.75) is 11.8 Å². The number of hydrogen-bond acceptors (Lipinski definition) is 6. The van der Waals surface area contributed by atoms with Crippen LogP contribution in [0, 0.1) is 33.5 Å². The van der Waals surface area contributed by atoms with E-state index in [1.54, 1.807) is 18.2 Å². The number of fused-ring (bicyclic) bond motifs is 2. The number of hydrogen-bond donors (Lipinski definition) is 1. The summed E-state index contributed by atoms with van der Waals surface area (Å²) in [5.41, 5.74) is 3.90. The van der Waals surface area contributed by atoms with Crippen LogP contribution in [0.3, 0.4) is 0 Å². The normalized spacial score (nSPS) is 36.2. The van der Waals surface area contributed by atoms with Crippen molar-refractivity contribution in [1.29, 1.82) is 10.5 Å². The molecule has 0 unspecified atom stereocenters. The highest BCUT2D eigenvalue weighted by molar-refractivity contribution is 6.42. The zero-order valence-electron chi connectivity index (χ0n) is 11.7. The summed E-state index contributed by atoms with van der Waals surface area (Å²) in [6.07, 6.45) is 0. The quantitative estimate of drug-likeness (QED) is 0.837. The number of nitrogens with two attached hydrogens (primary N) is 1. The van der Waals surface area contributed by atoms with Crippen LogP contribution in [-0.2, 0) is 9.47 Å². The molecule has 0 radical (unpaired) electrons. The zero-order valence-corrected chi connectivity index (χ0v) is 13.2. The van der Waals surface area contributed by atoms with Gasteiger partial charge in [-0.2, -0.15) is 10.5 Å². The molecule has 8 heteroatoms. The van der Waals surface area contributed by atoms with Crippen LogP contribution in [0.2, 0.25) is 10.0 Å². The zero-order chi connectivity index (χ0) is 16.5. The lowest BCUT2D eigenvalue weighted by atomic mass is 9.94. The first-order valence-corrected chi connectivity index (χ1v) is 7.66. The maximum absolute atomic E-state index is 9.93. The van der Waals surface area contributed by atoms with Crippen LogP contribution in [0.4, 0.5) is 0 Å². The van der Waals surface area contributed by atoms with Gasteiger partial charge in [0.1, 0.15) is 11.3 Å². The molecule has 23 heavy (non-hydrogen) atoms. The van der Waals surface area contributed by atoms with Crippen LogP contribution in [-0.4, -0.2) is 25.0 Å². The molecule has 2 aliphatic heterocycles. The van der Waals surface area contributed by atoms with Gasteiger partial charge in [-0.25, -0.2) is 4.99 Å². The van der Waals surface area contributed by atoms with Gasteiger partial charge in [0.25, 0.3) is 5.91 Å². The Morgan fingerprint density at radius 1 is 1.22 bits per heavy atom. The van der Waals surface area contributed by atoms with Gasteiger partial charge >= 0.3 is 0 Å². The highest BCUT2D eigenvalue weighted by atomic mass is 35.5. The van der Waals surface area contributed by atoms with E-state index in [0.717, 1.165) is 0 Å². The lowest BCUT2D eigenvalue weighted by molar-refractivity contribution is -0.184. The van der Waals surface area contributed by atoms with E-state index in [9.17, 15) is 10.5 Å². The second-order valence-electron chi connectivity index (χ2n) is 5.69. The lowest BCUT2D eigenvalue weighted by Gasteiger charge is -2.26. The highest BCUT2D eigenvalue weighted by Crippen LogP contribution is 2.82. The SMILES string of the molecule is N#C[C@@]12C(N)=NC3(OCCO3)[C@]1(C#N)[C@@H]2c1cccc(Cl)c1Cl. The number of rotatable bonds is 1. The van der Waals surface area contributed by atoms with E-state index >= 15 is 0 Å². The Morgan fingerprint density at radius 2 is 1.91 bits per heavy atom. The van der Waals surface area contributed by atoms with Crippen LogP contribution in [0.15, 0.2) is 23.2 Å². The number of benzene rings is 1. The molecule has 116 valence electrons. The first-order chi connectivity index (χ1) is 11.0. The van der Waals surface area contributed by atoms with Gasteiger partial charge in [-0.1, -0.05) is 35.3 Å². The second-order valence-corrected chi connectivity index (χ2v) is 6.48. The summed E-state index contributed by atoms with van der Waals surface area (Å²) in [5.74, 6) is -2.14. The van der Waals surface area contributed by atoms with Crippen LogP contribution < -0.4 is 5.73 Å². The van der Waals surface area contributed by atoms with Gasteiger partial charge in [0.2, 0.25) is 0 Å². The van der Waals surface area contributed by atoms with Gasteiger partial charge in [-0.15, -0.1) is 0 Å². The summed E-state index contributed by atoms with van der Waals surface area (Å²) in [6.45, 7) is 0.551. The Hall–Kier alpha value is -1.83. The van der Waals surface area contributed by atoms with Crippen molar-refractivity contribution >= 4 is 29.0 Å². The van der Waals surface area contributed by atoms with Crippen LogP contribution >= 0.6 is 23.2 Å². The molecule has 2 N–H and O–H groups in total. The van der Waals surface area contributed by atoms with E-state index < -0.39 is 22.7 Å². The smallest absolute Gasteiger partial charge is 0.293 e. The molecule has 0 aromatic heterocycles. The van der Waals surface area contributed by atoms with Crippen molar-refractivity contribution in [1.82, 2.24) is 0 Å². The maximum Gasteiger partial charge on any atom is 0.293 e. The minimum atomic E-state index is -1.56. The van der Waals surface area contributed by atoms with Crippen LogP contribution in [0.5, 0.6) is 0 Å². The average Bonchev–Trinajstić information content (AvgIpc) is 2.78. The third kappa shape index (κ3) is 1.35. The minimum absolute atomic E-state index is 0.0319. The topological polar surface area (TPSA) is 104 Å². The number of aliphatic imine (C=N–C) groups is 1. The highest BCUT2D eigenvalue weighted by Gasteiger charge is 2.94. The predicted octanol–water partition coefficient (Wildman–Crippen LogP) is 2.18. The van der Waals surface area contributed by atoms with Crippen molar-refractivity contribution in [2.75, 3.05) is 13.2 Å². The van der Waals surface area contributed by atoms with Gasteiger partial charge in [0.05, 0.1) is 35.4 Å².